The van der Waals surface area contributed by atoms with Crippen molar-refractivity contribution >= 4 is 0 Å². The van der Waals surface area contributed by atoms with E-state index in [0.717, 1.165) is 26.2 Å². The van der Waals surface area contributed by atoms with Crippen molar-refractivity contribution in [3.63, 3.8) is 0 Å². The molecular formula is C12H16F3N3O. The van der Waals surface area contributed by atoms with Crippen molar-refractivity contribution in [2.75, 3.05) is 0 Å². The second-order valence-corrected chi connectivity index (χ2v) is 5.10. The summed E-state index contributed by atoms with van der Waals surface area (Å²) in [7, 11) is 0. The van der Waals surface area contributed by atoms with Crippen LogP contribution in [0.4, 0.5) is 13.2 Å². The van der Waals surface area contributed by atoms with Gasteiger partial charge in [-0.25, -0.2) is 4.98 Å². The number of hydrogen-bond acceptors (Lipinski definition) is 3. The van der Waals surface area contributed by atoms with Gasteiger partial charge in [-0.1, -0.05) is 19.3 Å². The smallest absolute Gasteiger partial charge is 0.319 e. The van der Waals surface area contributed by atoms with Gasteiger partial charge in [0.15, 0.2) is 5.69 Å². The Kier molecular flexibility index (Phi) is 3.42. The number of nitrogens with one attached hydrogen (secondary N) is 1. The second-order valence-electron chi connectivity index (χ2n) is 5.10. The highest BCUT2D eigenvalue weighted by atomic mass is 19.4. The molecule has 1 aliphatic carbocycles. The van der Waals surface area contributed by atoms with E-state index < -0.39 is 28.5 Å². The van der Waals surface area contributed by atoms with Crippen molar-refractivity contribution in [1.82, 2.24) is 9.97 Å². The topological polar surface area (TPSA) is 71.8 Å². The van der Waals surface area contributed by atoms with E-state index in [1.165, 1.54) is 0 Å². The normalized spacial score (nSPS) is 19.4. The van der Waals surface area contributed by atoms with Crippen LogP contribution in [0.2, 0.25) is 0 Å². The molecule has 2 rings (SSSR count). The third-order valence-electron chi connectivity index (χ3n) is 3.64. The summed E-state index contributed by atoms with van der Waals surface area (Å²) in [5.41, 5.74) is 2.83. The van der Waals surface area contributed by atoms with Crippen LogP contribution in [0.5, 0.6) is 0 Å². The van der Waals surface area contributed by atoms with Crippen LogP contribution in [0.15, 0.2) is 4.79 Å². The van der Waals surface area contributed by atoms with Gasteiger partial charge in [-0.3, -0.25) is 4.79 Å². The van der Waals surface area contributed by atoms with E-state index in [4.69, 9.17) is 5.73 Å². The molecule has 0 bridgehead atoms. The van der Waals surface area contributed by atoms with Crippen LogP contribution in [0.3, 0.4) is 0 Å². The summed E-state index contributed by atoms with van der Waals surface area (Å²) in [6.07, 6.45) is -0.906. The van der Waals surface area contributed by atoms with E-state index in [0.29, 0.717) is 12.8 Å². The fraction of sp³-hybridized carbons (Fsp3) is 0.667. The fourth-order valence-electron chi connectivity index (χ4n) is 2.46. The summed E-state index contributed by atoms with van der Waals surface area (Å²) in [5, 5.41) is 0. The van der Waals surface area contributed by atoms with Crippen LogP contribution in [0.25, 0.3) is 0 Å². The van der Waals surface area contributed by atoms with E-state index in [9.17, 15) is 18.0 Å². The molecule has 0 unspecified atom stereocenters. The average molecular weight is 275 g/mol. The Morgan fingerprint density at radius 1 is 1.26 bits per heavy atom. The molecule has 0 radical (unpaired) electrons. The minimum atomic E-state index is -4.64. The van der Waals surface area contributed by atoms with Crippen LogP contribution >= 0.6 is 0 Å². The molecule has 1 aliphatic rings. The molecule has 0 aliphatic heterocycles. The lowest BCUT2D eigenvalue weighted by atomic mass is 9.82. The monoisotopic (exact) mass is 275 g/mol. The first kappa shape index (κ1) is 14.0. The van der Waals surface area contributed by atoms with E-state index >= 15 is 0 Å². The van der Waals surface area contributed by atoms with Crippen LogP contribution in [-0.2, 0) is 11.7 Å². The molecule has 7 heteroatoms. The Bertz CT molecular complexity index is 530. The van der Waals surface area contributed by atoms with E-state index in [1.54, 1.807) is 0 Å². The Morgan fingerprint density at radius 2 is 1.84 bits per heavy atom. The van der Waals surface area contributed by atoms with E-state index in [-0.39, 0.29) is 5.82 Å². The standard InChI is InChI=1S/C12H16F3N3O/c1-7-8(12(13,14)15)17-10(18-9(7)19)11(16)5-3-2-4-6-11/h2-6,16H2,1H3,(H,17,18,19). The zero-order chi connectivity index (χ0) is 14.3. The summed E-state index contributed by atoms with van der Waals surface area (Å²) < 4.78 is 38.5. The molecule has 1 heterocycles. The Balaban J connectivity index is 2.54. The molecule has 3 N–H and O–H groups in total. The van der Waals surface area contributed by atoms with Gasteiger partial charge in [0.1, 0.15) is 5.82 Å². The predicted octanol–water partition coefficient (Wildman–Crippen LogP) is 2.22. The minimum Gasteiger partial charge on any atom is -0.319 e. The van der Waals surface area contributed by atoms with Crippen molar-refractivity contribution < 1.29 is 13.2 Å². The molecule has 0 amide bonds. The first-order chi connectivity index (χ1) is 8.74. The average Bonchev–Trinajstić information content (AvgIpc) is 2.31. The van der Waals surface area contributed by atoms with Gasteiger partial charge in [0.05, 0.1) is 5.54 Å². The molecule has 19 heavy (non-hydrogen) atoms. The lowest BCUT2D eigenvalue weighted by molar-refractivity contribution is -0.142. The Hall–Kier alpha value is -1.37. The number of nitrogens with zero attached hydrogens (tertiary/aromatic N) is 1. The zero-order valence-electron chi connectivity index (χ0n) is 10.6. The summed E-state index contributed by atoms with van der Waals surface area (Å²) in [6, 6.07) is 0. The fourth-order valence-corrected chi connectivity index (χ4v) is 2.46. The maximum absolute atomic E-state index is 12.8. The maximum Gasteiger partial charge on any atom is 0.433 e. The number of hydrogen-bond donors (Lipinski definition) is 2. The van der Waals surface area contributed by atoms with Gasteiger partial charge in [-0.15, -0.1) is 0 Å². The molecule has 0 atom stereocenters. The molecule has 1 aromatic heterocycles. The number of H-pyrrole nitrogens is 1. The van der Waals surface area contributed by atoms with E-state index in [2.05, 4.69) is 9.97 Å². The third kappa shape index (κ3) is 2.65. The number of rotatable bonds is 1. The Morgan fingerprint density at radius 3 is 2.37 bits per heavy atom. The first-order valence-electron chi connectivity index (χ1n) is 6.21. The second kappa shape index (κ2) is 4.63. The lowest BCUT2D eigenvalue weighted by Gasteiger charge is -2.32. The van der Waals surface area contributed by atoms with Crippen molar-refractivity contribution in [3.05, 3.63) is 27.4 Å². The lowest BCUT2D eigenvalue weighted by Crippen LogP contribution is -2.42. The quantitative estimate of drug-likeness (QED) is 0.825. The number of alkyl halides is 3. The van der Waals surface area contributed by atoms with Crippen LogP contribution in [0, 0.1) is 6.92 Å². The predicted molar refractivity (Wildman–Crippen MR) is 63.5 cm³/mol. The molecule has 1 fully saturated rings. The van der Waals surface area contributed by atoms with Crippen molar-refractivity contribution in [1.29, 1.82) is 0 Å². The zero-order valence-corrected chi connectivity index (χ0v) is 10.6. The van der Waals surface area contributed by atoms with Gasteiger partial charge in [0, 0.05) is 5.56 Å². The van der Waals surface area contributed by atoms with Gasteiger partial charge in [-0.05, 0) is 19.8 Å². The van der Waals surface area contributed by atoms with Crippen molar-refractivity contribution in [2.24, 2.45) is 5.73 Å². The third-order valence-corrected chi connectivity index (χ3v) is 3.64. The van der Waals surface area contributed by atoms with Gasteiger partial charge < -0.3 is 10.7 Å². The molecule has 1 aromatic rings. The van der Waals surface area contributed by atoms with Crippen molar-refractivity contribution in [2.45, 2.75) is 50.7 Å². The minimum absolute atomic E-state index is 0.0462. The van der Waals surface area contributed by atoms with Gasteiger partial charge in [-0.2, -0.15) is 13.2 Å². The summed E-state index contributed by atoms with van der Waals surface area (Å²) in [5.74, 6) is -0.0462. The number of halogens is 3. The molecule has 1 saturated carbocycles. The van der Waals surface area contributed by atoms with Crippen LogP contribution in [0.1, 0.15) is 49.2 Å². The van der Waals surface area contributed by atoms with Crippen LogP contribution < -0.4 is 11.3 Å². The van der Waals surface area contributed by atoms with Gasteiger partial charge in [0.25, 0.3) is 5.56 Å². The molecule has 0 saturated heterocycles. The molecular weight excluding hydrogens is 259 g/mol. The Labute approximate surface area is 108 Å². The maximum atomic E-state index is 12.8. The summed E-state index contributed by atoms with van der Waals surface area (Å²) >= 11 is 0. The molecule has 0 spiro atoms. The summed E-state index contributed by atoms with van der Waals surface area (Å²) in [4.78, 5) is 17.6. The highest BCUT2D eigenvalue weighted by Crippen LogP contribution is 2.34. The number of aromatic nitrogens is 2. The van der Waals surface area contributed by atoms with Gasteiger partial charge in [0.2, 0.25) is 0 Å². The van der Waals surface area contributed by atoms with Crippen molar-refractivity contribution in [3.8, 4) is 0 Å². The molecule has 4 nitrogen and oxygen atoms in total. The highest BCUT2D eigenvalue weighted by Gasteiger charge is 2.39. The van der Waals surface area contributed by atoms with Crippen LogP contribution in [-0.4, -0.2) is 9.97 Å². The first-order valence-corrected chi connectivity index (χ1v) is 6.21. The highest BCUT2D eigenvalue weighted by molar-refractivity contribution is 5.21. The largest absolute Gasteiger partial charge is 0.433 e. The van der Waals surface area contributed by atoms with E-state index in [1.807, 2.05) is 0 Å². The SMILES string of the molecule is Cc1c(C(F)(F)F)nc(C2(N)CCCCC2)[nH]c1=O. The number of aromatic amines is 1. The molecule has 106 valence electrons. The summed E-state index contributed by atoms with van der Waals surface area (Å²) in [6.45, 7) is 1.11. The molecule has 0 aromatic carbocycles. The van der Waals surface area contributed by atoms with Gasteiger partial charge >= 0.3 is 6.18 Å². The number of nitrogens with two attached hydrogens (primary N) is 1.